The van der Waals surface area contributed by atoms with E-state index in [1.165, 1.54) is 11.6 Å². The van der Waals surface area contributed by atoms with Gasteiger partial charge in [0.15, 0.2) is 0 Å². The van der Waals surface area contributed by atoms with Crippen molar-refractivity contribution in [3.8, 4) is 5.75 Å². The molecule has 0 bridgehead atoms. The van der Waals surface area contributed by atoms with E-state index < -0.39 is 11.4 Å². The third-order valence-corrected chi connectivity index (χ3v) is 14.6. The molecule has 4 fully saturated rings. The van der Waals surface area contributed by atoms with Gasteiger partial charge in [-0.2, -0.15) is 0 Å². The number of ether oxygens (including phenoxy) is 1. The van der Waals surface area contributed by atoms with Crippen molar-refractivity contribution in [3.05, 3.63) is 47.6 Å². The van der Waals surface area contributed by atoms with E-state index in [0.29, 0.717) is 11.8 Å². The molecule has 8 atom stereocenters. The van der Waals surface area contributed by atoms with Crippen LogP contribution in [0.4, 0.5) is 0 Å². The number of hydrogen-bond acceptors (Lipinski definition) is 4. The van der Waals surface area contributed by atoms with Gasteiger partial charge in [0.25, 0.3) is 0 Å². The minimum absolute atomic E-state index is 0.00735. The SMILES string of the molecule is CC1(C)CC[C@]2(C(=O)O)CC[C@]3(C)C(=CC[C@@H]4[C@@]5(C)CC[C@H](OC(=O)/C=C\c6ccc(O)cc6)C(C)(C)[C@@H]5CC[C@]43C)[C@H]2C1. The fraction of sp³-hybridized carbons (Fsp3) is 0.692. The van der Waals surface area contributed by atoms with Crippen LogP contribution in [0, 0.1) is 50.2 Å². The van der Waals surface area contributed by atoms with Crippen LogP contribution in [-0.2, 0) is 14.3 Å². The van der Waals surface area contributed by atoms with E-state index >= 15 is 0 Å². The Morgan fingerprint density at radius 3 is 2.23 bits per heavy atom. The van der Waals surface area contributed by atoms with Crippen molar-refractivity contribution in [2.75, 3.05) is 0 Å². The Balaban J connectivity index is 1.26. The maximum Gasteiger partial charge on any atom is 0.331 e. The van der Waals surface area contributed by atoms with Crippen LogP contribution in [0.3, 0.4) is 0 Å². The largest absolute Gasteiger partial charge is 0.508 e. The molecule has 4 saturated carbocycles. The molecule has 6 rings (SSSR count). The van der Waals surface area contributed by atoms with Crippen molar-refractivity contribution in [1.82, 2.24) is 0 Å². The first kappa shape index (κ1) is 31.4. The number of aliphatic carboxylic acids is 1. The van der Waals surface area contributed by atoms with Crippen molar-refractivity contribution >= 4 is 18.0 Å². The Morgan fingerprint density at radius 1 is 0.864 bits per heavy atom. The second kappa shape index (κ2) is 10.2. The highest BCUT2D eigenvalue weighted by Crippen LogP contribution is 2.75. The number of carboxylic acid groups (broad SMARTS) is 1. The summed E-state index contributed by atoms with van der Waals surface area (Å²) < 4.78 is 6.18. The first-order valence-corrected chi connectivity index (χ1v) is 17.1. The van der Waals surface area contributed by atoms with Crippen molar-refractivity contribution in [3.63, 3.8) is 0 Å². The fourth-order valence-corrected chi connectivity index (χ4v) is 11.7. The number of fused-ring (bicyclic) bond motifs is 7. The smallest absolute Gasteiger partial charge is 0.331 e. The Morgan fingerprint density at radius 2 is 1.55 bits per heavy atom. The molecule has 1 aromatic rings. The zero-order valence-electron chi connectivity index (χ0n) is 28.0. The summed E-state index contributed by atoms with van der Waals surface area (Å²) in [6.45, 7) is 16.9. The number of carbonyl (C=O) groups excluding carboxylic acids is 1. The monoisotopic (exact) mass is 602 g/mol. The van der Waals surface area contributed by atoms with E-state index in [1.54, 1.807) is 30.3 Å². The van der Waals surface area contributed by atoms with Crippen molar-refractivity contribution in [1.29, 1.82) is 0 Å². The number of benzene rings is 1. The summed E-state index contributed by atoms with van der Waals surface area (Å²) in [5.41, 5.74) is 1.98. The predicted molar refractivity (Wildman–Crippen MR) is 174 cm³/mol. The van der Waals surface area contributed by atoms with Gasteiger partial charge in [-0.1, -0.05) is 72.2 Å². The Hall–Kier alpha value is -2.56. The molecule has 0 saturated heterocycles. The molecule has 44 heavy (non-hydrogen) atoms. The molecular formula is C39H54O5. The van der Waals surface area contributed by atoms with Gasteiger partial charge < -0.3 is 14.9 Å². The van der Waals surface area contributed by atoms with Crippen LogP contribution in [0.25, 0.3) is 6.08 Å². The zero-order valence-corrected chi connectivity index (χ0v) is 28.0. The summed E-state index contributed by atoms with van der Waals surface area (Å²) >= 11 is 0. The molecule has 5 aliphatic rings. The lowest BCUT2D eigenvalue weighted by atomic mass is 9.33. The molecule has 5 heteroatoms. The number of hydrogen-bond donors (Lipinski definition) is 2. The average Bonchev–Trinajstić information content (AvgIpc) is 2.94. The highest BCUT2D eigenvalue weighted by molar-refractivity contribution is 5.87. The maximum absolute atomic E-state index is 13.0. The Kier molecular flexibility index (Phi) is 7.30. The van der Waals surface area contributed by atoms with Crippen LogP contribution >= 0.6 is 0 Å². The molecule has 5 nitrogen and oxygen atoms in total. The molecule has 0 heterocycles. The minimum Gasteiger partial charge on any atom is -0.508 e. The number of esters is 1. The maximum atomic E-state index is 13.0. The molecule has 0 aromatic heterocycles. The number of rotatable bonds is 4. The van der Waals surface area contributed by atoms with Gasteiger partial charge in [0.05, 0.1) is 5.41 Å². The molecule has 1 aromatic carbocycles. The highest BCUT2D eigenvalue weighted by atomic mass is 16.5. The lowest BCUT2D eigenvalue weighted by Crippen LogP contribution is -2.65. The number of carbonyl (C=O) groups is 2. The van der Waals surface area contributed by atoms with Crippen LogP contribution in [-0.4, -0.2) is 28.3 Å². The molecule has 0 radical (unpaired) electrons. The van der Waals surface area contributed by atoms with E-state index in [9.17, 15) is 19.8 Å². The van der Waals surface area contributed by atoms with Gasteiger partial charge in [-0.05, 0) is 127 Å². The van der Waals surface area contributed by atoms with E-state index in [-0.39, 0.29) is 50.8 Å². The molecular weight excluding hydrogens is 548 g/mol. The quantitative estimate of drug-likeness (QED) is 0.204. The average molecular weight is 603 g/mol. The number of allylic oxidation sites excluding steroid dienone is 2. The third kappa shape index (κ3) is 4.53. The second-order valence-corrected chi connectivity index (χ2v) is 17.4. The lowest BCUT2D eigenvalue weighted by Gasteiger charge is -2.71. The van der Waals surface area contributed by atoms with Crippen LogP contribution in [0.2, 0.25) is 0 Å². The number of carboxylic acids is 1. The van der Waals surface area contributed by atoms with E-state index in [1.807, 2.05) is 0 Å². The molecule has 0 spiro atoms. The minimum atomic E-state index is -0.605. The fourth-order valence-electron chi connectivity index (χ4n) is 11.7. The van der Waals surface area contributed by atoms with Gasteiger partial charge in [0.2, 0.25) is 0 Å². The highest BCUT2D eigenvalue weighted by Gasteiger charge is 2.69. The second-order valence-electron chi connectivity index (χ2n) is 17.4. The summed E-state index contributed by atoms with van der Waals surface area (Å²) in [4.78, 5) is 25.9. The van der Waals surface area contributed by atoms with Crippen LogP contribution in [0.5, 0.6) is 5.75 Å². The summed E-state index contributed by atoms with van der Waals surface area (Å²) in [5.74, 6) is 0.409. The van der Waals surface area contributed by atoms with E-state index in [2.05, 4.69) is 54.5 Å². The number of phenolic OH excluding ortho intramolecular Hbond substituents is 1. The van der Waals surface area contributed by atoms with E-state index in [0.717, 1.165) is 69.8 Å². The standard InChI is InChI=1S/C39H54O5/c1-34(2)20-22-39(33(42)43)23-21-37(6)27(28(39)24-34)13-14-30-36(5)18-17-31(35(3,4)29(36)16-19-38(30,37)7)44-32(41)15-10-25-8-11-26(40)12-9-25/h8-13,15,28-31,40H,14,16-24H2,1-7H3,(H,42,43)/b15-10-/t28-,29+,30-,31+,36+,37-,38-,39+/m1/s1. The summed E-state index contributed by atoms with van der Waals surface area (Å²) in [6, 6.07) is 6.79. The van der Waals surface area contributed by atoms with Crippen LogP contribution < -0.4 is 0 Å². The van der Waals surface area contributed by atoms with Crippen LogP contribution in [0.15, 0.2) is 42.0 Å². The zero-order chi connectivity index (χ0) is 31.9. The molecule has 240 valence electrons. The van der Waals surface area contributed by atoms with Gasteiger partial charge in [0, 0.05) is 11.5 Å². The van der Waals surface area contributed by atoms with Gasteiger partial charge in [-0.3, -0.25) is 4.79 Å². The first-order valence-electron chi connectivity index (χ1n) is 17.1. The van der Waals surface area contributed by atoms with Crippen molar-refractivity contribution < 1.29 is 24.5 Å². The van der Waals surface area contributed by atoms with Gasteiger partial charge in [-0.15, -0.1) is 0 Å². The normalized spacial score (nSPS) is 42.2. The Bertz CT molecular complexity index is 1390. The van der Waals surface area contributed by atoms with Crippen LogP contribution in [0.1, 0.15) is 118 Å². The van der Waals surface area contributed by atoms with Crippen molar-refractivity contribution in [2.24, 2.45) is 50.2 Å². The van der Waals surface area contributed by atoms with Gasteiger partial charge >= 0.3 is 11.9 Å². The molecule has 0 aliphatic heterocycles. The molecule has 0 amide bonds. The molecule has 2 N–H and O–H groups in total. The van der Waals surface area contributed by atoms with Crippen molar-refractivity contribution in [2.45, 2.75) is 119 Å². The first-order chi connectivity index (χ1) is 20.5. The summed E-state index contributed by atoms with van der Waals surface area (Å²) in [6.07, 6.45) is 15.3. The number of aromatic hydroxyl groups is 1. The summed E-state index contributed by atoms with van der Waals surface area (Å²) in [5, 5.41) is 20.2. The van der Waals surface area contributed by atoms with E-state index in [4.69, 9.17) is 4.74 Å². The lowest BCUT2D eigenvalue weighted by molar-refractivity contribution is -0.212. The number of phenols is 1. The molecule has 5 aliphatic carbocycles. The van der Waals surface area contributed by atoms with Gasteiger partial charge in [-0.25, -0.2) is 4.79 Å². The third-order valence-electron chi connectivity index (χ3n) is 14.6. The summed E-state index contributed by atoms with van der Waals surface area (Å²) in [7, 11) is 0. The van der Waals surface area contributed by atoms with Gasteiger partial charge in [0.1, 0.15) is 11.9 Å². The topological polar surface area (TPSA) is 83.8 Å². The Labute approximate surface area is 264 Å². The predicted octanol–water partition coefficient (Wildman–Crippen LogP) is 9.20. The molecule has 0 unspecified atom stereocenters.